The molecule has 0 unspecified atom stereocenters. The predicted octanol–water partition coefficient (Wildman–Crippen LogP) is 4.14. The third-order valence-electron chi connectivity index (χ3n) is 5.70. The standard InChI is InChI=1S/C25H26N6OS/c1-29(15-20-14-26-31(17-20)22-10-6-3-7-11-22)23(32)18-33-25-28-27-24(21-12-13-21)30(25)16-19-8-4-2-5-9-19/h2-11,14,17,21H,12-13,15-16,18H2,1H3. The van der Waals surface area contributed by atoms with Crippen LogP contribution in [0.25, 0.3) is 5.69 Å². The molecule has 0 aliphatic heterocycles. The Labute approximate surface area is 197 Å². The van der Waals surface area contributed by atoms with Crippen LogP contribution in [-0.4, -0.2) is 48.2 Å². The van der Waals surface area contributed by atoms with E-state index >= 15 is 0 Å². The molecule has 7 nitrogen and oxygen atoms in total. The summed E-state index contributed by atoms with van der Waals surface area (Å²) in [6.07, 6.45) is 6.10. The SMILES string of the molecule is CN(Cc1cnn(-c2ccccc2)c1)C(=O)CSc1nnc(C2CC2)n1Cc1ccccc1. The van der Waals surface area contributed by atoms with Gasteiger partial charge in [0.2, 0.25) is 5.91 Å². The highest BCUT2D eigenvalue weighted by Crippen LogP contribution is 2.40. The highest BCUT2D eigenvalue weighted by atomic mass is 32.2. The van der Waals surface area contributed by atoms with Gasteiger partial charge in [-0.25, -0.2) is 4.68 Å². The van der Waals surface area contributed by atoms with Crippen LogP contribution < -0.4 is 0 Å². The van der Waals surface area contributed by atoms with Crippen LogP contribution in [0, 0.1) is 0 Å². The van der Waals surface area contributed by atoms with Crippen LogP contribution in [-0.2, 0) is 17.9 Å². The van der Waals surface area contributed by atoms with E-state index in [1.165, 1.54) is 17.3 Å². The normalized spacial score (nSPS) is 13.2. The number of carbonyl (C=O) groups excluding carboxylic acids is 1. The van der Waals surface area contributed by atoms with Gasteiger partial charge in [-0.2, -0.15) is 5.10 Å². The monoisotopic (exact) mass is 458 g/mol. The first-order valence-electron chi connectivity index (χ1n) is 11.1. The maximum atomic E-state index is 12.8. The summed E-state index contributed by atoms with van der Waals surface area (Å²) in [4.78, 5) is 14.6. The molecule has 0 atom stereocenters. The average Bonchev–Trinajstić information content (AvgIpc) is 3.46. The zero-order valence-corrected chi connectivity index (χ0v) is 19.4. The first-order chi connectivity index (χ1) is 16.2. The smallest absolute Gasteiger partial charge is 0.233 e. The second-order valence-corrected chi connectivity index (χ2v) is 9.30. The number of nitrogens with zero attached hydrogens (tertiary/aromatic N) is 6. The number of amides is 1. The minimum absolute atomic E-state index is 0.0506. The number of hydrogen-bond acceptors (Lipinski definition) is 5. The van der Waals surface area contributed by atoms with Crippen molar-refractivity contribution in [2.45, 2.75) is 37.0 Å². The molecule has 1 aliphatic carbocycles. The second-order valence-electron chi connectivity index (χ2n) is 8.35. The van der Waals surface area contributed by atoms with Crippen LogP contribution in [0.2, 0.25) is 0 Å². The fourth-order valence-corrected chi connectivity index (χ4v) is 4.61. The summed E-state index contributed by atoms with van der Waals surface area (Å²) in [5.74, 6) is 1.90. The number of carbonyl (C=O) groups is 1. The second kappa shape index (κ2) is 9.62. The number of thioether (sulfide) groups is 1. The van der Waals surface area contributed by atoms with E-state index < -0.39 is 0 Å². The van der Waals surface area contributed by atoms with E-state index in [0.29, 0.717) is 18.2 Å². The maximum absolute atomic E-state index is 12.8. The minimum Gasteiger partial charge on any atom is -0.341 e. The van der Waals surface area contributed by atoms with Crippen molar-refractivity contribution in [3.05, 3.63) is 90.0 Å². The predicted molar refractivity (Wildman–Crippen MR) is 128 cm³/mol. The van der Waals surface area contributed by atoms with E-state index in [1.807, 2.05) is 72.7 Å². The molecule has 0 N–H and O–H groups in total. The quantitative estimate of drug-likeness (QED) is 0.353. The van der Waals surface area contributed by atoms with Crippen LogP contribution in [0.3, 0.4) is 0 Å². The van der Waals surface area contributed by atoms with Gasteiger partial charge in [0.05, 0.1) is 24.2 Å². The van der Waals surface area contributed by atoms with Gasteiger partial charge in [0.1, 0.15) is 5.82 Å². The highest BCUT2D eigenvalue weighted by Gasteiger charge is 2.30. The van der Waals surface area contributed by atoms with Gasteiger partial charge in [0.25, 0.3) is 0 Å². The van der Waals surface area contributed by atoms with Gasteiger partial charge < -0.3 is 9.47 Å². The van der Waals surface area contributed by atoms with Crippen molar-refractivity contribution in [2.24, 2.45) is 0 Å². The van der Waals surface area contributed by atoms with Gasteiger partial charge in [-0.1, -0.05) is 60.3 Å². The fraction of sp³-hybridized carbons (Fsp3) is 0.280. The van der Waals surface area contributed by atoms with Crippen molar-refractivity contribution in [1.82, 2.24) is 29.4 Å². The lowest BCUT2D eigenvalue weighted by Crippen LogP contribution is -2.27. The van der Waals surface area contributed by atoms with Crippen LogP contribution in [0.1, 0.15) is 35.7 Å². The van der Waals surface area contributed by atoms with Crippen molar-refractivity contribution in [3.8, 4) is 5.69 Å². The summed E-state index contributed by atoms with van der Waals surface area (Å²) in [5, 5.41) is 14.1. The summed E-state index contributed by atoms with van der Waals surface area (Å²) in [6.45, 7) is 1.24. The molecule has 0 saturated heterocycles. The van der Waals surface area contributed by atoms with E-state index in [-0.39, 0.29) is 5.91 Å². The van der Waals surface area contributed by atoms with E-state index in [1.54, 1.807) is 4.90 Å². The molecule has 2 aromatic heterocycles. The van der Waals surface area contributed by atoms with Gasteiger partial charge >= 0.3 is 0 Å². The number of rotatable bonds is 9. The molecule has 0 spiro atoms. The summed E-state index contributed by atoms with van der Waals surface area (Å²) >= 11 is 1.46. The molecule has 2 aromatic carbocycles. The maximum Gasteiger partial charge on any atom is 0.233 e. The summed E-state index contributed by atoms with van der Waals surface area (Å²) in [5.41, 5.74) is 3.19. The Hall–Kier alpha value is -3.39. The molecule has 168 valence electrons. The Morgan fingerprint density at radius 1 is 1.03 bits per heavy atom. The van der Waals surface area contributed by atoms with Crippen LogP contribution in [0.5, 0.6) is 0 Å². The molecule has 0 radical (unpaired) electrons. The molecule has 5 rings (SSSR count). The third-order valence-corrected chi connectivity index (χ3v) is 6.65. The Balaban J connectivity index is 1.22. The molecular weight excluding hydrogens is 432 g/mol. The van der Waals surface area contributed by atoms with Gasteiger partial charge in [-0.05, 0) is 30.5 Å². The average molecular weight is 459 g/mol. The number of para-hydroxylation sites is 1. The van der Waals surface area contributed by atoms with Crippen LogP contribution in [0.15, 0.2) is 78.2 Å². The molecule has 2 heterocycles. The zero-order chi connectivity index (χ0) is 22.6. The molecular formula is C25H26N6OS. The zero-order valence-electron chi connectivity index (χ0n) is 18.5. The number of aromatic nitrogens is 5. The van der Waals surface area contributed by atoms with E-state index in [2.05, 4.69) is 32.0 Å². The lowest BCUT2D eigenvalue weighted by molar-refractivity contribution is -0.127. The topological polar surface area (TPSA) is 68.8 Å². The molecule has 1 aliphatic rings. The number of benzene rings is 2. The Morgan fingerprint density at radius 2 is 1.76 bits per heavy atom. The van der Waals surface area contributed by atoms with Gasteiger partial charge in [-0.15, -0.1) is 10.2 Å². The lowest BCUT2D eigenvalue weighted by Gasteiger charge is -2.16. The first-order valence-corrected chi connectivity index (χ1v) is 12.1. The van der Waals surface area contributed by atoms with Crippen molar-refractivity contribution in [1.29, 1.82) is 0 Å². The molecule has 1 saturated carbocycles. The van der Waals surface area contributed by atoms with Gasteiger partial charge in [0, 0.05) is 31.3 Å². The van der Waals surface area contributed by atoms with E-state index in [4.69, 9.17) is 0 Å². The molecule has 8 heteroatoms. The van der Waals surface area contributed by atoms with Crippen molar-refractivity contribution in [3.63, 3.8) is 0 Å². The number of hydrogen-bond donors (Lipinski definition) is 0. The lowest BCUT2D eigenvalue weighted by atomic mass is 10.2. The molecule has 4 aromatic rings. The van der Waals surface area contributed by atoms with E-state index in [0.717, 1.165) is 41.6 Å². The largest absolute Gasteiger partial charge is 0.341 e. The van der Waals surface area contributed by atoms with E-state index in [9.17, 15) is 4.79 Å². The van der Waals surface area contributed by atoms with Crippen LogP contribution in [0.4, 0.5) is 0 Å². The third kappa shape index (κ3) is 5.17. The van der Waals surface area contributed by atoms with Crippen molar-refractivity contribution >= 4 is 17.7 Å². The van der Waals surface area contributed by atoms with Crippen molar-refractivity contribution in [2.75, 3.05) is 12.8 Å². The Morgan fingerprint density at radius 3 is 2.48 bits per heavy atom. The molecule has 0 bridgehead atoms. The molecule has 1 fully saturated rings. The Kier molecular flexibility index (Phi) is 6.26. The van der Waals surface area contributed by atoms with Crippen molar-refractivity contribution < 1.29 is 4.79 Å². The van der Waals surface area contributed by atoms with Gasteiger partial charge in [0.15, 0.2) is 5.16 Å². The van der Waals surface area contributed by atoms with Gasteiger partial charge in [-0.3, -0.25) is 4.79 Å². The van der Waals surface area contributed by atoms with Crippen LogP contribution >= 0.6 is 11.8 Å². The minimum atomic E-state index is 0.0506. The summed E-state index contributed by atoms with van der Waals surface area (Å²) in [6, 6.07) is 20.3. The fourth-order valence-electron chi connectivity index (χ4n) is 3.73. The highest BCUT2D eigenvalue weighted by molar-refractivity contribution is 7.99. The Bertz CT molecular complexity index is 1220. The summed E-state index contributed by atoms with van der Waals surface area (Å²) in [7, 11) is 1.83. The summed E-state index contributed by atoms with van der Waals surface area (Å²) < 4.78 is 4.00. The molecule has 1 amide bonds. The molecule has 33 heavy (non-hydrogen) atoms. The first kappa shape index (κ1) is 21.5.